The fourth-order valence-electron chi connectivity index (χ4n) is 1.66. The van der Waals surface area contributed by atoms with E-state index in [2.05, 4.69) is 15.4 Å². The van der Waals surface area contributed by atoms with Crippen molar-refractivity contribution in [1.82, 2.24) is 10.5 Å². The maximum atomic E-state index is 5.41. The number of nitrogens with zero attached hydrogens (tertiary/aromatic N) is 2. The van der Waals surface area contributed by atoms with Crippen molar-refractivity contribution >= 4 is 18.3 Å². The number of rotatable bonds is 2. The lowest BCUT2D eigenvalue weighted by molar-refractivity contribution is 0.284. The standard InChI is InChI=1S/C12H10BN3O/c1-2-6-10(7-3-1)13-15-12(16-17-13)11-8-4-5-9-14-11/h1-9H,(H,15,16). The van der Waals surface area contributed by atoms with E-state index < -0.39 is 0 Å². The van der Waals surface area contributed by atoms with Crippen molar-refractivity contribution in [2.75, 3.05) is 0 Å². The molecule has 0 saturated heterocycles. The molecule has 17 heavy (non-hydrogen) atoms. The van der Waals surface area contributed by atoms with Crippen molar-refractivity contribution in [3.05, 3.63) is 60.4 Å². The lowest BCUT2D eigenvalue weighted by atomic mass is 9.75. The van der Waals surface area contributed by atoms with Crippen LogP contribution in [0.1, 0.15) is 5.69 Å². The topological polar surface area (TPSA) is 46.5 Å². The first-order valence-electron chi connectivity index (χ1n) is 5.39. The minimum atomic E-state index is -0.298. The minimum Gasteiger partial charge on any atom is -0.300 e. The van der Waals surface area contributed by atoms with Crippen LogP contribution in [0.3, 0.4) is 0 Å². The molecule has 0 unspecified atom stereocenters. The number of pyridine rings is 1. The van der Waals surface area contributed by atoms with E-state index >= 15 is 0 Å². The summed E-state index contributed by atoms with van der Waals surface area (Å²) in [7, 11) is -0.298. The Kier molecular flexibility index (Phi) is 2.59. The minimum absolute atomic E-state index is 0.298. The van der Waals surface area contributed by atoms with E-state index in [0.29, 0.717) is 5.84 Å². The molecule has 3 rings (SSSR count). The molecule has 0 aliphatic carbocycles. The van der Waals surface area contributed by atoms with E-state index in [1.165, 1.54) is 0 Å². The summed E-state index contributed by atoms with van der Waals surface area (Å²) in [6.45, 7) is 0. The highest BCUT2D eigenvalue weighted by molar-refractivity contribution is 6.68. The molecule has 82 valence electrons. The second-order valence-electron chi connectivity index (χ2n) is 3.68. The van der Waals surface area contributed by atoms with Crippen LogP contribution in [0.5, 0.6) is 0 Å². The SMILES string of the molecule is c1ccc(B2N=C(c3ccccn3)NO2)cc1. The number of nitrogens with one attached hydrogen (secondary N) is 1. The summed E-state index contributed by atoms with van der Waals surface area (Å²) < 4.78 is 5.41. The molecule has 0 atom stereocenters. The molecule has 5 heteroatoms. The van der Waals surface area contributed by atoms with Gasteiger partial charge in [-0.3, -0.25) is 20.1 Å². The molecule has 1 aliphatic heterocycles. The van der Waals surface area contributed by atoms with Gasteiger partial charge in [-0.1, -0.05) is 36.4 Å². The zero-order chi connectivity index (χ0) is 11.5. The predicted octanol–water partition coefficient (Wildman–Crippen LogP) is 0.758. The van der Waals surface area contributed by atoms with Gasteiger partial charge in [-0.25, -0.2) is 0 Å². The van der Waals surface area contributed by atoms with E-state index in [1.54, 1.807) is 6.20 Å². The van der Waals surface area contributed by atoms with Crippen LogP contribution in [0.4, 0.5) is 0 Å². The zero-order valence-electron chi connectivity index (χ0n) is 9.08. The summed E-state index contributed by atoms with van der Waals surface area (Å²) in [5.74, 6) is 0.666. The van der Waals surface area contributed by atoms with Gasteiger partial charge in [0.05, 0.1) is 0 Å². The van der Waals surface area contributed by atoms with E-state index in [1.807, 2.05) is 48.5 Å². The van der Waals surface area contributed by atoms with Gasteiger partial charge in [0.1, 0.15) is 5.69 Å². The van der Waals surface area contributed by atoms with Gasteiger partial charge in [-0.2, -0.15) is 0 Å². The second kappa shape index (κ2) is 4.39. The summed E-state index contributed by atoms with van der Waals surface area (Å²) >= 11 is 0. The molecule has 0 fully saturated rings. The van der Waals surface area contributed by atoms with Gasteiger partial charge >= 0.3 is 7.05 Å². The third-order valence-electron chi connectivity index (χ3n) is 2.51. The molecule has 1 aliphatic rings. The van der Waals surface area contributed by atoms with Crippen LogP contribution in [-0.2, 0) is 4.76 Å². The number of benzene rings is 1. The van der Waals surface area contributed by atoms with Gasteiger partial charge < -0.3 is 0 Å². The van der Waals surface area contributed by atoms with Crippen LogP contribution in [-0.4, -0.2) is 17.9 Å². The Balaban J connectivity index is 1.87. The fourth-order valence-corrected chi connectivity index (χ4v) is 1.66. The molecule has 0 spiro atoms. The van der Waals surface area contributed by atoms with Crippen molar-refractivity contribution < 1.29 is 4.76 Å². The smallest absolute Gasteiger partial charge is 0.300 e. The van der Waals surface area contributed by atoms with Crippen molar-refractivity contribution in [2.45, 2.75) is 0 Å². The molecule has 0 bridgehead atoms. The molecule has 2 aromatic rings. The van der Waals surface area contributed by atoms with E-state index in [0.717, 1.165) is 11.2 Å². The molecular formula is C12H10BN3O. The Morgan fingerprint density at radius 1 is 1.00 bits per heavy atom. The number of hydrogen-bond acceptors (Lipinski definition) is 4. The fraction of sp³-hybridized carbons (Fsp3) is 0. The largest absolute Gasteiger partial charge is 0.496 e. The molecular weight excluding hydrogens is 213 g/mol. The third-order valence-corrected chi connectivity index (χ3v) is 2.51. The summed E-state index contributed by atoms with van der Waals surface area (Å²) in [5, 5.41) is 0. The van der Waals surface area contributed by atoms with Gasteiger partial charge in [0.15, 0.2) is 5.84 Å². The van der Waals surface area contributed by atoms with Crippen LogP contribution in [0.2, 0.25) is 0 Å². The van der Waals surface area contributed by atoms with Crippen LogP contribution < -0.4 is 10.9 Å². The summed E-state index contributed by atoms with van der Waals surface area (Å²) in [5.41, 5.74) is 4.61. The molecule has 0 radical (unpaired) electrons. The van der Waals surface area contributed by atoms with Crippen molar-refractivity contribution in [3.63, 3.8) is 0 Å². The number of hydroxylamine groups is 1. The Morgan fingerprint density at radius 3 is 2.59 bits per heavy atom. The summed E-state index contributed by atoms with van der Waals surface area (Å²) in [6, 6.07) is 15.5. The first kappa shape index (κ1) is 10.0. The molecule has 1 N–H and O–H groups in total. The first-order chi connectivity index (χ1) is 8.43. The van der Waals surface area contributed by atoms with Crippen molar-refractivity contribution in [1.29, 1.82) is 0 Å². The van der Waals surface area contributed by atoms with Crippen LogP contribution in [0.15, 0.2) is 59.6 Å². The van der Waals surface area contributed by atoms with Crippen LogP contribution in [0, 0.1) is 0 Å². The van der Waals surface area contributed by atoms with E-state index in [4.69, 9.17) is 4.76 Å². The molecule has 1 aromatic carbocycles. The molecule has 0 amide bonds. The summed E-state index contributed by atoms with van der Waals surface area (Å²) in [4.78, 5) is 8.66. The molecule has 0 saturated carbocycles. The van der Waals surface area contributed by atoms with Crippen molar-refractivity contribution in [3.8, 4) is 0 Å². The molecule has 1 aromatic heterocycles. The van der Waals surface area contributed by atoms with Gasteiger partial charge in [0.2, 0.25) is 0 Å². The monoisotopic (exact) mass is 223 g/mol. The molecule has 4 nitrogen and oxygen atoms in total. The van der Waals surface area contributed by atoms with Gasteiger partial charge in [-0.15, -0.1) is 0 Å². The number of aromatic nitrogens is 1. The highest BCUT2D eigenvalue weighted by Crippen LogP contribution is 2.03. The van der Waals surface area contributed by atoms with Crippen LogP contribution >= 0.6 is 0 Å². The maximum Gasteiger partial charge on any atom is 0.496 e. The first-order valence-corrected chi connectivity index (χ1v) is 5.39. The Hall–Kier alpha value is -2.14. The Morgan fingerprint density at radius 2 is 1.82 bits per heavy atom. The normalized spacial score (nSPS) is 14.4. The molecule has 2 heterocycles. The number of amidine groups is 1. The van der Waals surface area contributed by atoms with E-state index in [9.17, 15) is 0 Å². The lowest BCUT2D eigenvalue weighted by Crippen LogP contribution is -2.31. The Bertz CT molecular complexity index is 530. The maximum absolute atomic E-state index is 5.41. The average molecular weight is 223 g/mol. The van der Waals surface area contributed by atoms with Crippen LogP contribution in [0.25, 0.3) is 0 Å². The van der Waals surface area contributed by atoms with Gasteiger partial charge in [0.25, 0.3) is 0 Å². The number of hydrogen-bond donors (Lipinski definition) is 1. The van der Waals surface area contributed by atoms with E-state index in [-0.39, 0.29) is 7.05 Å². The van der Waals surface area contributed by atoms with Crippen molar-refractivity contribution in [2.24, 2.45) is 4.90 Å². The van der Waals surface area contributed by atoms with Gasteiger partial charge in [-0.05, 0) is 17.6 Å². The highest BCUT2D eigenvalue weighted by Gasteiger charge is 2.27. The third kappa shape index (κ3) is 2.05. The Labute approximate surface area is 99.5 Å². The second-order valence-corrected chi connectivity index (χ2v) is 3.68. The zero-order valence-corrected chi connectivity index (χ0v) is 9.08. The quantitative estimate of drug-likeness (QED) is 0.764. The summed E-state index contributed by atoms with van der Waals surface area (Å²) in [6.07, 6.45) is 1.73. The lowest BCUT2D eigenvalue weighted by Gasteiger charge is -2.00. The average Bonchev–Trinajstić information content (AvgIpc) is 2.90. The van der Waals surface area contributed by atoms with Gasteiger partial charge in [0, 0.05) is 6.20 Å². The predicted molar refractivity (Wildman–Crippen MR) is 66.8 cm³/mol. The highest BCUT2D eigenvalue weighted by atomic mass is 16.6.